The molecule has 0 amide bonds. The number of nitrogens with zero attached hydrogens (tertiary/aromatic N) is 6. The zero-order chi connectivity index (χ0) is 31.6. The summed E-state index contributed by atoms with van der Waals surface area (Å²) in [6.45, 7) is 10.1. The number of halogens is 1. The molecule has 0 saturated heterocycles. The number of carbonyl (C=O) groups excluding carboxylic acids is 1. The van der Waals surface area contributed by atoms with E-state index in [9.17, 15) is 24.0 Å². The molecule has 3 aromatic heterocycles. The number of Topliss-reactive ketones (excluding diaryl/α,β-unsaturated/α-hetero) is 1. The van der Waals surface area contributed by atoms with Gasteiger partial charge in [0.15, 0.2) is 5.78 Å². The predicted octanol–water partition coefficient (Wildman–Crippen LogP) is 4.53. The molecule has 0 aliphatic rings. The highest BCUT2D eigenvalue weighted by molar-refractivity contribution is 7.21. The Labute approximate surface area is 252 Å². The van der Waals surface area contributed by atoms with Crippen LogP contribution in [0.3, 0.4) is 0 Å². The van der Waals surface area contributed by atoms with Crippen molar-refractivity contribution in [2.45, 2.75) is 66.2 Å². The molecule has 0 fully saturated rings. The van der Waals surface area contributed by atoms with E-state index in [1.54, 1.807) is 27.7 Å². The molecule has 228 valence electrons. The van der Waals surface area contributed by atoms with Crippen molar-refractivity contribution in [3.63, 3.8) is 0 Å². The molecule has 43 heavy (non-hydrogen) atoms. The Kier molecular flexibility index (Phi) is 9.32. The lowest BCUT2D eigenvalue weighted by Crippen LogP contribution is -2.53. The maximum Gasteiger partial charge on any atom is 0.333 e. The van der Waals surface area contributed by atoms with Crippen LogP contribution in [-0.2, 0) is 21.6 Å². The highest BCUT2D eigenvalue weighted by Crippen LogP contribution is 2.34. The summed E-state index contributed by atoms with van der Waals surface area (Å²) in [6, 6.07) is 6.07. The quantitative estimate of drug-likeness (QED) is 0.228. The van der Waals surface area contributed by atoms with E-state index in [1.165, 1.54) is 47.1 Å². The Morgan fingerprint density at radius 3 is 2.47 bits per heavy atom. The van der Waals surface area contributed by atoms with Crippen LogP contribution in [-0.4, -0.2) is 43.6 Å². The van der Waals surface area contributed by atoms with E-state index in [0.717, 1.165) is 15.9 Å². The first kappa shape index (κ1) is 31.8. The normalized spacial score (nSPS) is 13.3. The van der Waals surface area contributed by atoms with Crippen molar-refractivity contribution in [3.8, 4) is 16.8 Å². The molecular weight excluding hydrogens is 575 g/mol. The van der Waals surface area contributed by atoms with Crippen molar-refractivity contribution in [2.75, 3.05) is 13.7 Å². The number of aryl methyl sites for hydroxylation is 1. The van der Waals surface area contributed by atoms with E-state index in [-0.39, 0.29) is 36.7 Å². The smallest absolute Gasteiger partial charge is 0.333 e. The van der Waals surface area contributed by atoms with Gasteiger partial charge in [0.25, 0.3) is 5.56 Å². The minimum atomic E-state index is -1.48. The molecule has 0 N–H and O–H groups in total. The van der Waals surface area contributed by atoms with Gasteiger partial charge in [-0.3, -0.25) is 14.2 Å². The second-order valence-corrected chi connectivity index (χ2v) is 12.4. The van der Waals surface area contributed by atoms with E-state index in [0.29, 0.717) is 26.7 Å². The topological polar surface area (TPSA) is 134 Å². The van der Waals surface area contributed by atoms with Gasteiger partial charge in [0.2, 0.25) is 0 Å². The van der Waals surface area contributed by atoms with Gasteiger partial charge in [0.05, 0.1) is 50.0 Å². The Hall–Kier alpha value is -4.15. The first-order valence-corrected chi connectivity index (χ1v) is 14.7. The summed E-state index contributed by atoms with van der Waals surface area (Å²) in [4.78, 5) is 43.6. The molecule has 0 aliphatic heterocycles. The maximum atomic E-state index is 14.5. The SMILES string of the molecule is COc1ccc(F)cc1[C@H](Cn1c(=O)n(C(C)(C)C(=O)CC(C)C)c(=O)c2c(C)c(-n3nccn3)sc21)OC[C@H](C)C#N. The van der Waals surface area contributed by atoms with Crippen LogP contribution >= 0.6 is 11.3 Å². The standard InChI is InChI=1S/C30H35FN6O5S/c1-17(2)12-24(38)30(5,6)36-26(39)25-19(4)27(37-33-10-11-34-37)43-28(25)35(29(36)40)15-23(42-16-18(3)14-32)21-13-20(31)8-9-22(21)41-7/h8-11,13,17-18,23H,12,15-16H2,1-7H3/t18-,23+/m1/s1. The third-order valence-electron chi connectivity index (χ3n) is 7.28. The number of thiophene rings is 1. The van der Waals surface area contributed by atoms with E-state index >= 15 is 0 Å². The van der Waals surface area contributed by atoms with Crippen molar-refractivity contribution < 1.29 is 18.7 Å². The zero-order valence-electron chi connectivity index (χ0n) is 25.3. The molecule has 0 spiro atoms. The summed E-state index contributed by atoms with van der Waals surface area (Å²) < 4.78 is 28.5. The number of hydrogen-bond donors (Lipinski definition) is 0. The fraction of sp³-hybridized carbons (Fsp3) is 0.467. The maximum absolute atomic E-state index is 14.5. The van der Waals surface area contributed by atoms with Crippen molar-refractivity contribution in [1.82, 2.24) is 24.1 Å². The summed E-state index contributed by atoms with van der Waals surface area (Å²) >= 11 is 1.14. The van der Waals surface area contributed by atoms with Crippen LogP contribution < -0.4 is 16.0 Å². The molecule has 4 aromatic rings. The Balaban J connectivity index is 2.03. The predicted molar refractivity (Wildman–Crippen MR) is 160 cm³/mol. The van der Waals surface area contributed by atoms with E-state index < -0.39 is 34.6 Å². The third-order valence-corrected chi connectivity index (χ3v) is 8.56. The molecule has 11 nitrogen and oxygen atoms in total. The van der Waals surface area contributed by atoms with Gasteiger partial charge in [-0.05, 0) is 51.8 Å². The highest BCUT2D eigenvalue weighted by atomic mass is 32.1. The van der Waals surface area contributed by atoms with Crippen molar-refractivity contribution in [2.24, 2.45) is 11.8 Å². The van der Waals surface area contributed by atoms with Crippen LogP contribution in [0.25, 0.3) is 15.2 Å². The Morgan fingerprint density at radius 2 is 1.86 bits per heavy atom. The van der Waals surface area contributed by atoms with E-state index in [2.05, 4.69) is 16.3 Å². The summed E-state index contributed by atoms with van der Waals surface area (Å²) in [5.41, 5.74) is -1.95. The molecule has 0 aliphatic carbocycles. The number of fused-ring (bicyclic) bond motifs is 1. The van der Waals surface area contributed by atoms with Gasteiger partial charge >= 0.3 is 5.69 Å². The van der Waals surface area contributed by atoms with Crippen LogP contribution in [0.2, 0.25) is 0 Å². The number of benzene rings is 1. The van der Waals surface area contributed by atoms with Gasteiger partial charge in [-0.1, -0.05) is 25.2 Å². The van der Waals surface area contributed by atoms with Crippen molar-refractivity contribution in [3.05, 3.63) is 68.4 Å². The number of methoxy groups -OCH3 is 1. The minimum absolute atomic E-state index is 0.00848. The van der Waals surface area contributed by atoms with Gasteiger partial charge in [0, 0.05) is 17.5 Å². The number of hydrogen-bond acceptors (Lipinski definition) is 9. The lowest BCUT2D eigenvalue weighted by atomic mass is 9.91. The fourth-order valence-electron chi connectivity index (χ4n) is 4.91. The number of ketones is 1. The van der Waals surface area contributed by atoms with Crippen molar-refractivity contribution >= 4 is 27.3 Å². The van der Waals surface area contributed by atoms with Crippen molar-refractivity contribution in [1.29, 1.82) is 5.26 Å². The average Bonchev–Trinajstić information content (AvgIpc) is 3.60. The Bertz CT molecular complexity index is 1800. The van der Waals surface area contributed by atoms with Crippen LogP contribution in [0, 0.1) is 35.9 Å². The second kappa shape index (κ2) is 12.6. The first-order valence-electron chi connectivity index (χ1n) is 13.9. The Morgan fingerprint density at radius 1 is 1.19 bits per heavy atom. The monoisotopic (exact) mass is 610 g/mol. The third kappa shape index (κ3) is 6.16. The fourth-order valence-corrected chi connectivity index (χ4v) is 6.13. The molecule has 0 unspecified atom stereocenters. The summed E-state index contributed by atoms with van der Waals surface area (Å²) in [7, 11) is 1.44. The molecule has 2 atom stereocenters. The van der Waals surface area contributed by atoms with Crippen LogP contribution in [0.4, 0.5) is 4.39 Å². The largest absolute Gasteiger partial charge is 0.496 e. The van der Waals surface area contributed by atoms with Gasteiger partial charge < -0.3 is 9.47 Å². The number of carbonyl (C=O) groups is 1. The molecule has 3 heterocycles. The number of nitriles is 1. The first-order chi connectivity index (χ1) is 20.3. The van der Waals surface area contributed by atoms with Gasteiger partial charge in [-0.15, -0.1) is 4.80 Å². The molecular formula is C30H35FN6O5S. The molecule has 13 heteroatoms. The van der Waals surface area contributed by atoms with Gasteiger partial charge in [-0.25, -0.2) is 13.8 Å². The van der Waals surface area contributed by atoms with Crippen LogP contribution in [0.15, 0.2) is 40.2 Å². The second-order valence-electron chi connectivity index (χ2n) is 11.4. The number of aromatic nitrogens is 5. The zero-order valence-corrected chi connectivity index (χ0v) is 26.1. The lowest BCUT2D eigenvalue weighted by Gasteiger charge is -2.28. The summed E-state index contributed by atoms with van der Waals surface area (Å²) in [5.74, 6) is -0.975. The molecule has 0 bridgehead atoms. The molecule has 1 aromatic carbocycles. The average molecular weight is 611 g/mol. The van der Waals surface area contributed by atoms with E-state index in [4.69, 9.17) is 9.47 Å². The molecule has 4 rings (SSSR count). The molecule has 0 saturated carbocycles. The lowest BCUT2D eigenvalue weighted by molar-refractivity contribution is -0.127. The minimum Gasteiger partial charge on any atom is -0.496 e. The van der Waals surface area contributed by atoms with Crippen LogP contribution in [0.5, 0.6) is 5.75 Å². The number of ether oxygens (including phenoxy) is 2. The van der Waals surface area contributed by atoms with Gasteiger partial charge in [0.1, 0.15) is 33.0 Å². The van der Waals surface area contributed by atoms with Gasteiger partial charge in [-0.2, -0.15) is 15.5 Å². The summed E-state index contributed by atoms with van der Waals surface area (Å²) in [5, 5.41) is 18.6. The van der Waals surface area contributed by atoms with Crippen LogP contribution in [0.1, 0.15) is 58.3 Å². The number of rotatable bonds is 12. The summed E-state index contributed by atoms with van der Waals surface area (Å²) in [6.07, 6.45) is 2.20. The highest BCUT2D eigenvalue weighted by Gasteiger charge is 2.36. The molecule has 0 radical (unpaired) electrons. The van der Waals surface area contributed by atoms with E-state index in [1.807, 2.05) is 13.8 Å².